The van der Waals surface area contributed by atoms with Crippen LogP contribution in [0.4, 0.5) is 0 Å². The summed E-state index contributed by atoms with van der Waals surface area (Å²) in [5, 5.41) is 4.88. The first-order valence-corrected chi connectivity index (χ1v) is 5.70. The molecule has 1 atom stereocenters. The van der Waals surface area contributed by atoms with Crippen LogP contribution in [0.3, 0.4) is 0 Å². The lowest BCUT2D eigenvalue weighted by atomic mass is 10.0. The molecule has 0 aliphatic rings. The number of aryl methyl sites for hydroxylation is 2. The fraction of sp³-hybridized carbons (Fsp3) is 0.250. The molecule has 0 aliphatic heterocycles. The van der Waals surface area contributed by atoms with Gasteiger partial charge in [0, 0.05) is 23.8 Å². The number of nitrogens with one attached hydrogen (secondary N) is 1. The lowest BCUT2D eigenvalue weighted by Gasteiger charge is -2.15. The average molecular weight is 251 g/mol. The largest absolute Gasteiger partial charge is 0.275 e. The standard InChI is InChI=1S/C12H15ClN4/c1-8-3-4-9(5-11(8)13)12(16-14)10-6-15-17(2)7-10/h3-7,12,16H,14H2,1-2H3. The van der Waals surface area contributed by atoms with E-state index in [1.807, 2.05) is 38.4 Å². The predicted octanol–water partition coefficient (Wildman–Crippen LogP) is 1.93. The van der Waals surface area contributed by atoms with Crippen LogP contribution in [-0.4, -0.2) is 9.78 Å². The monoisotopic (exact) mass is 250 g/mol. The van der Waals surface area contributed by atoms with Crippen LogP contribution in [-0.2, 0) is 7.05 Å². The summed E-state index contributed by atoms with van der Waals surface area (Å²) in [4.78, 5) is 0. The second-order valence-electron chi connectivity index (χ2n) is 4.06. The van der Waals surface area contributed by atoms with Crippen LogP contribution >= 0.6 is 11.6 Å². The van der Waals surface area contributed by atoms with Gasteiger partial charge in [0.1, 0.15) is 0 Å². The molecule has 0 bridgehead atoms. The Hall–Kier alpha value is -1.36. The summed E-state index contributed by atoms with van der Waals surface area (Å²) in [6, 6.07) is 5.83. The summed E-state index contributed by atoms with van der Waals surface area (Å²) >= 11 is 6.12. The number of benzene rings is 1. The van der Waals surface area contributed by atoms with E-state index >= 15 is 0 Å². The number of nitrogens with zero attached hydrogens (tertiary/aromatic N) is 2. The van der Waals surface area contributed by atoms with Gasteiger partial charge in [-0.25, -0.2) is 5.43 Å². The van der Waals surface area contributed by atoms with Crippen molar-refractivity contribution >= 4 is 11.6 Å². The summed E-state index contributed by atoms with van der Waals surface area (Å²) in [5.41, 5.74) is 5.87. The van der Waals surface area contributed by atoms with Crippen LogP contribution in [0.15, 0.2) is 30.6 Å². The Kier molecular flexibility index (Phi) is 3.47. The summed E-state index contributed by atoms with van der Waals surface area (Å²) in [6.45, 7) is 1.97. The van der Waals surface area contributed by atoms with Crippen molar-refractivity contribution in [2.75, 3.05) is 0 Å². The maximum absolute atomic E-state index is 6.12. The Morgan fingerprint density at radius 2 is 2.18 bits per heavy atom. The molecule has 17 heavy (non-hydrogen) atoms. The molecule has 1 aromatic heterocycles. The first kappa shape index (κ1) is 12.1. The van der Waals surface area contributed by atoms with Gasteiger partial charge in [0.2, 0.25) is 0 Å². The highest BCUT2D eigenvalue weighted by Gasteiger charge is 2.14. The van der Waals surface area contributed by atoms with E-state index in [9.17, 15) is 0 Å². The number of rotatable bonds is 3. The Morgan fingerprint density at radius 1 is 1.41 bits per heavy atom. The summed E-state index contributed by atoms with van der Waals surface area (Å²) < 4.78 is 1.75. The second-order valence-corrected chi connectivity index (χ2v) is 4.46. The third-order valence-electron chi connectivity index (χ3n) is 2.75. The number of hydrazine groups is 1. The number of hydrogen-bond acceptors (Lipinski definition) is 3. The third kappa shape index (κ3) is 2.49. The van der Waals surface area contributed by atoms with Crippen molar-refractivity contribution in [3.05, 3.63) is 52.3 Å². The highest BCUT2D eigenvalue weighted by atomic mass is 35.5. The molecule has 5 heteroatoms. The average Bonchev–Trinajstić information content (AvgIpc) is 2.71. The molecule has 3 N–H and O–H groups in total. The second kappa shape index (κ2) is 4.87. The molecule has 2 rings (SSSR count). The Balaban J connectivity index is 2.38. The molecule has 0 saturated carbocycles. The van der Waals surface area contributed by atoms with E-state index < -0.39 is 0 Å². The van der Waals surface area contributed by atoms with Gasteiger partial charge in [0.15, 0.2) is 0 Å². The molecule has 0 amide bonds. The van der Waals surface area contributed by atoms with Crippen molar-refractivity contribution < 1.29 is 0 Å². The van der Waals surface area contributed by atoms with E-state index in [4.69, 9.17) is 17.4 Å². The third-order valence-corrected chi connectivity index (χ3v) is 3.16. The molecule has 0 fully saturated rings. The van der Waals surface area contributed by atoms with Gasteiger partial charge in [-0.05, 0) is 24.1 Å². The molecule has 4 nitrogen and oxygen atoms in total. The smallest absolute Gasteiger partial charge is 0.0741 e. The minimum atomic E-state index is -0.0956. The van der Waals surface area contributed by atoms with E-state index in [1.54, 1.807) is 10.9 Å². The fourth-order valence-corrected chi connectivity index (χ4v) is 1.95. The Morgan fingerprint density at radius 3 is 2.71 bits per heavy atom. The van der Waals surface area contributed by atoms with E-state index in [2.05, 4.69) is 10.5 Å². The maximum atomic E-state index is 6.12. The normalized spacial score (nSPS) is 12.7. The van der Waals surface area contributed by atoms with Crippen LogP contribution in [0.5, 0.6) is 0 Å². The molecule has 0 saturated heterocycles. The topological polar surface area (TPSA) is 55.9 Å². The number of aromatic nitrogens is 2. The number of nitrogens with two attached hydrogens (primary N) is 1. The SMILES string of the molecule is Cc1ccc(C(NN)c2cnn(C)c2)cc1Cl. The van der Waals surface area contributed by atoms with E-state index in [0.29, 0.717) is 0 Å². The van der Waals surface area contributed by atoms with Crippen LogP contribution < -0.4 is 11.3 Å². The fourth-order valence-electron chi connectivity index (χ4n) is 1.76. The Bertz CT molecular complexity index is 521. The molecule has 0 aliphatic carbocycles. The minimum Gasteiger partial charge on any atom is -0.275 e. The van der Waals surface area contributed by atoms with Gasteiger partial charge in [-0.1, -0.05) is 23.7 Å². The van der Waals surface area contributed by atoms with Crippen molar-refractivity contribution in [3.63, 3.8) is 0 Å². The lowest BCUT2D eigenvalue weighted by Crippen LogP contribution is -2.28. The molecule has 1 unspecified atom stereocenters. The molecule has 90 valence electrons. The molecule has 0 spiro atoms. The zero-order valence-electron chi connectivity index (χ0n) is 9.81. The van der Waals surface area contributed by atoms with Gasteiger partial charge in [-0.15, -0.1) is 0 Å². The summed E-state index contributed by atoms with van der Waals surface area (Å²) in [5.74, 6) is 5.60. The lowest BCUT2D eigenvalue weighted by molar-refractivity contribution is 0.635. The highest BCUT2D eigenvalue weighted by molar-refractivity contribution is 6.31. The van der Waals surface area contributed by atoms with Crippen LogP contribution in [0.2, 0.25) is 5.02 Å². The van der Waals surface area contributed by atoms with Crippen LogP contribution in [0, 0.1) is 6.92 Å². The summed E-state index contributed by atoms with van der Waals surface area (Å²) in [7, 11) is 1.87. The molecule has 1 aromatic carbocycles. The van der Waals surface area contributed by atoms with Gasteiger partial charge in [-0.3, -0.25) is 10.5 Å². The first-order chi connectivity index (χ1) is 8.11. The maximum Gasteiger partial charge on any atom is 0.0741 e. The Labute approximate surface area is 105 Å². The summed E-state index contributed by atoms with van der Waals surface area (Å²) in [6.07, 6.45) is 3.72. The van der Waals surface area contributed by atoms with E-state index in [1.165, 1.54) is 0 Å². The predicted molar refractivity (Wildman–Crippen MR) is 68.6 cm³/mol. The molecule has 2 aromatic rings. The molecule has 1 heterocycles. The zero-order chi connectivity index (χ0) is 12.4. The minimum absolute atomic E-state index is 0.0956. The molecular weight excluding hydrogens is 236 g/mol. The van der Waals surface area contributed by atoms with Crippen molar-refractivity contribution in [1.82, 2.24) is 15.2 Å². The van der Waals surface area contributed by atoms with Gasteiger partial charge >= 0.3 is 0 Å². The quantitative estimate of drug-likeness (QED) is 0.647. The van der Waals surface area contributed by atoms with E-state index in [-0.39, 0.29) is 6.04 Å². The highest BCUT2D eigenvalue weighted by Crippen LogP contribution is 2.25. The van der Waals surface area contributed by atoms with Gasteiger partial charge in [0.25, 0.3) is 0 Å². The zero-order valence-corrected chi connectivity index (χ0v) is 10.6. The van der Waals surface area contributed by atoms with Crippen molar-refractivity contribution in [1.29, 1.82) is 0 Å². The van der Waals surface area contributed by atoms with Gasteiger partial charge in [0.05, 0.1) is 12.2 Å². The van der Waals surface area contributed by atoms with Gasteiger partial charge < -0.3 is 0 Å². The van der Waals surface area contributed by atoms with Gasteiger partial charge in [-0.2, -0.15) is 5.10 Å². The first-order valence-electron chi connectivity index (χ1n) is 5.32. The number of halogens is 1. The van der Waals surface area contributed by atoms with Crippen molar-refractivity contribution in [2.24, 2.45) is 12.9 Å². The van der Waals surface area contributed by atoms with Crippen LogP contribution in [0.25, 0.3) is 0 Å². The van der Waals surface area contributed by atoms with Crippen molar-refractivity contribution in [2.45, 2.75) is 13.0 Å². The molecular formula is C12H15ClN4. The van der Waals surface area contributed by atoms with Crippen LogP contribution in [0.1, 0.15) is 22.7 Å². The molecule has 0 radical (unpaired) electrons. The van der Waals surface area contributed by atoms with E-state index in [0.717, 1.165) is 21.7 Å². The van der Waals surface area contributed by atoms with Crippen molar-refractivity contribution in [3.8, 4) is 0 Å². The number of hydrogen-bond donors (Lipinski definition) is 2.